The summed E-state index contributed by atoms with van der Waals surface area (Å²) in [5.41, 5.74) is 4.55. The molecule has 2 aromatic rings. The lowest BCUT2D eigenvalue weighted by atomic mass is 9.94. The summed E-state index contributed by atoms with van der Waals surface area (Å²) in [6, 6.07) is 13.3. The third kappa shape index (κ3) is 3.55. The number of piperidine rings is 1. The minimum absolute atomic E-state index is 0.223. The average molecular weight is 366 g/mol. The number of hydrogen-bond donors (Lipinski definition) is 0. The lowest BCUT2D eigenvalue weighted by Gasteiger charge is -2.36. The van der Waals surface area contributed by atoms with Gasteiger partial charge in [-0.15, -0.1) is 0 Å². The second-order valence-corrected chi connectivity index (χ2v) is 8.25. The molecule has 27 heavy (non-hydrogen) atoms. The van der Waals surface area contributed by atoms with Gasteiger partial charge >= 0.3 is 0 Å². The van der Waals surface area contributed by atoms with E-state index in [9.17, 15) is 4.79 Å². The van der Waals surface area contributed by atoms with Crippen molar-refractivity contribution in [2.24, 2.45) is 5.92 Å². The molecular weight excluding hydrogens is 334 g/mol. The summed E-state index contributed by atoms with van der Waals surface area (Å²) in [6.07, 6.45) is 2.45. The van der Waals surface area contributed by atoms with Crippen LogP contribution in [0.4, 0.5) is 0 Å². The van der Waals surface area contributed by atoms with Crippen molar-refractivity contribution in [1.82, 2.24) is 14.4 Å². The molecule has 0 unspecified atom stereocenters. The van der Waals surface area contributed by atoms with E-state index in [0.717, 1.165) is 44.0 Å². The van der Waals surface area contributed by atoms with Crippen LogP contribution in [0.25, 0.3) is 0 Å². The first kappa shape index (κ1) is 18.3. The number of fused-ring (bicyclic) bond motifs is 4. The maximum atomic E-state index is 13.3. The Bertz CT molecular complexity index is 811. The number of hydrogen-bond acceptors (Lipinski definition) is 2. The molecule has 0 N–H and O–H groups in total. The molecule has 3 fully saturated rings. The van der Waals surface area contributed by atoms with Gasteiger partial charge in [-0.1, -0.05) is 30.3 Å². The Kier molecular flexibility index (Phi) is 5.09. The lowest BCUT2D eigenvalue weighted by molar-refractivity contribution is 0.0735. The molecule has 5 rings (SSSR count). The van der Waals surface area contributed by atoms with Crippen molar-refractivity contribution in [2.45, 2.75) is 52.7 Å². The summed E-state index contributed by atoms with van der Waals surface area (Å²) >= 11 is 0. The molecule has 3 aliphatic heterocycles. The zero-order valence-corrected chi connectivity index (χ0v) is 16.8. The minimum atomic E-state index is 0.223. The molecule has 4 nitrogen and oxygen atoms in total. The van der Waals surface area contributed by atoms with Crippen molar-refractivity contribution in [2.75, 3.05) is 19.6 Å². The fourth-order valence-electron chi connectivity index (χ4n) is 5.03. The maximum Gasteiger partial charge on any atom is 0.255 e. The Labute approximate surface area is 162 Å². The second kappa shape index (κ2) is 7.51. The molecule has 2 bridgehead atoms. The number of aromatic nitrogens is 1. The number of nitrogens with zero attached hydrogens (tertiary/aromatic N) is 3. The van der Waals surface area contributed by atoms with E-state index in [1.54, 1.807) is 0 Å². The van der Waals surface area contributed by atoms with Crippen LogP contribution in [0.1, 0.15) is 47.1 Å². The summed E-state index contributed by atoms with van der Waals surface area (Å²) in [5, 5.41) is 0. The summed E-state index contributed by atoms with van der Waals surface area (Å²) in [7, 11) is 0. The highest BCUT2D eigenvalue weighted by Crippen LogP contribution is 2.30. The van der Waals surface area contributed by atoms with Crippen LogP contribution in [0.15, 0.2) is 36.4 Å². The number of carbonyl (C=O) groups is 1. The lowest BCUT2D eigenvalue weighted by Crippen LogP contribution is -2.43. The monoisotopic (exact) mass is 365 g/mol. The van der Waals surface area contributed by atoms with E-state index in [0.29, 0.717) is 12.0 Å². The Morgan fingerprint density at radius 3 is 2.56 bits per heavy atom. The SMILES string of the molecule is CCn1c(C)cc(C(=O)N2C[C@@H]3CC[C@H](C2)N(Cc2ccccc2)C3)c1C. The van der Waals surface area contributed by atoms with E-state index < -0.39 is 0 Å². The minimum Gasteiger partial charge on any atom is -0.349 e. The van der Waals surface area contributed by atoms with E-state index >= 15 is 0 Å². The van der Waals surface area contributed by atoms with Crippen molar-refractivity contribution in [3.63, 3.8) is 0 Å². The van der Waals surface area contributed by atoms with Gasteiger partial charge in [0.05, 0.1) is 5.56 Å². The van der Waals surface area contributed by atoms with E-state index in [1.807, 2.05) is 0 Å². The van der Waals surface area contributed by atoms with Gasteiger partial charge in [0.25, 0.3) is 5.91 Å². The van der Waals surface area contributed by atoms with Gasteiger partial charge in [0.15, 0.2) is 0 Å². The summed E-state index contributed by atoms with van der Waals surface area (Å²) in [6.45, 7) is 11.1. The van der Waals surface area contributed by atoms with Gasteiger partial charge in [-0.05, 0) is 51.2 Å². The van der Waals surface area contributed by atoms with Crippen molar-refractivity contribution in [3.05, 3.63) is 58.9 Å². The molecule has 4 heteroatoms. The number of benzene rings is 1. The normalized spacial score (nSPS) is 22.9. The Hall–Kier alpha value is -2.07. The highest BCUT2D eigenvalue weighted by Gasteiger charge is 2.37. The number of amides is 1. The van der Waals surface area contributed by atoms with Crippen molar-refractivity contribution in [3.8, 4) is 0 Å². The molecule has 1 aromatic carbocycles. The summed E-state index contributed by atoms with van der Waals surface area (Å²) in [5.74, 6) is 0.812. The van der Waals surface area contributed by atoms with Crippen molar-refractivity contribution >= 4 is 5.91 Å². The molecule has 1 aromatic heterocycles. The Morgan fingerprint density at radius 1 is 1.07 bits per heavy atom. The molecule has 0 radical (unpaired) electrons. The van der Waals surface area contributed by atoms with E-state index in [-0.39, 0.29) is 5.91 Å². The smallest absolute Gasteiger partial charge is 0.255 e. The van der Waals surface area contributed by atoms with Crippen LogP contribution < -0.4 is 0 Å². The van der Waals surface area contributed by atoms with Gasteiger partial charge in [0.2, 0.25) is 0 Å². The van der Waals surface area contributed by atoms with Crippen LogP contribution in [0.5, 0.6) is 0 Å². The van der Waals surface area contributed by atoms with Crippen LogP contribution in [0.2, 0.25) is 0 Å². The van der Waals surface area contributed by atoms with Crippen LogP contribution in [0, 0.1) is 19.8 Å². The first-order valence-electron chi connectivity index (χ1n) is 10.3. The maximum absolute atomic E-state index is 13.3. The van der Waals surface area contributed by atoms with E-state index in [1.165, 1.54) is 24.1 Å². The van der Waals surface area contributed by atoms with Crippen LogP contribution in [-0.4, -0.2) is 46.0 Å². The van der Waals surface area contributed by atoms with Gasteiger partial charge in [-0.25, -0.2) is 0 Å². The van der Waals surface area contributed by atoms with E-state index in [4.69, 9.17) is 0 Å². The van der Waals surface area contributed by atoms with Crippen LogP contribution in [-0.2, 0) is 13.1 Å². The fraction of sp³-hybridized carbons (Fsp3) is 0.522. The third-order valence-corrected chi connectivity index (χ3v) is 6.46. The number of carbonyl (C=O) groups excluding carboxylic acids is 1. The fourth-order valence-corrected chi connectivity index (χ4v) is 5.03. The second-order valence-electron chi connectivity index (χ2n) is 8.25. The van der Waals surface area contributed by atoms with Gasteiger partial charge in [0, 0.05) is 50.2 Å². The standard InChI is InChI=1S/C23H31N3O/c1-4-26-17(2)12-22(18(26)3)23(27)25-15-20-10-11-21(16-25)24(14-20)13-19-8-6-5-7-9-19/h5-9,12,20-21H,4,10-11,13-16H2,1-3H3/t20-,21-/m1/s1. The van der Waals surface area contributed by atoms with Crippen LogP contribution in [0.3, 0.4) is 0 Å². The summed E-state index contributed by atoms with van der Waals surface area (Å²) < 4.78 is 2.24. The molecule has 0 saturated carbocycles. The van der Waals surface area contributed by atoms with Gasteiger partial charge in [0.1, 0.15) is 0 Å². The summed E-state index contributed by atoms with van der Waals surface area (Å²) in [4.78, 5) is 18.1. The highest BCUT2D eigenvalue weighted by atomic mass is 16.2. The topological polar surface area (TPSA) is 28.5 Å². The average Bonchev–Trinajstić information content (AvgIpc) is 2.83. The van der Waals surface area contributed by atoms with Crippen LogP contribution >= 0.6 is 0 Å². The number of rotatable bonds is 4. The van der Waals surface area contributed by atoms with Gasteiger partial charge < -0.3 is 9.47 Å². The Morgan fingerprint density at radius 2 is 1.85 bits per heavy atom. The Balaban J connectivity index is 1.52. The van der Waals surface area contributed by atoms with Gasteiger partial charge in [-0.2, -0.15) is 0 Å². The molecular formula is C23H31N3O. The first-order valence-corrected chi connectivity index (χ1v) is 10.3. The predicted molar refractivity (Wildman–Crippen MR) is 109 cm³/mol. The van der Waals surface area contributed by atoms with Gasteiger partial charge in [-0.3, -0.25) is 9.69 Å². The predicted octanol–water partition coefficient (Wildman–Crippen LogP) is 3.86. The zero-order chi connectivity index (χ0) is 19.0. The largest absolute Gasteiger partial charge is 0.349 e. The molecule has 0 aliphatic carbocycles. The molecule has 1 amide bonds. The molecule has 4 heterocycles. The highest BCUT2D eigenvalue weighted by molar-refractivity contribution is 5.95. The molecule has 0 spiro atoms. The number of aryl methyl sites for hydroxylation is 1. The van der Waals surface area contributed by atoms with E-state index in [2.05, 4.69) is 71.5 Å². The zero-order valence-electron chi connectivity index (χ0n) is 16.8. The molecule has 144 valence electrons. The first-order chi connectivity index (χ1) is 13.1. The molecule has 3 saturated heterocycles. The molecule has 2 atom stereocenters. The third-order valence-electron chi connectivity index (χ3n) is 6.46. The quantitative estimate of drug-likeness (QED) is 0.823. The molecule has 3 aliphatic rings. The van der Waals surface area contributed by atoms with Crippen molar-refractivity contribution in [1.29, 1.82) is 0 Å². The van der Waals surface area contributed by atoms with Crippen molar-refractivity contribution < 1.29 is 4.79 Å².